The molecule has 0 bridgehead atoms. The van der Waals surface area contributed by atoms with E-state index in [9.17, 15) is 32.5 Å². The molecule has 1 aromatic rings. The Morgan fingerprint density at radius 3 is 2.47 bits per heavy atom. The van der Waals surface area contributed by atoms with E-state index in [0.717, 1.165) is 16.7 Å². The number of alkyl halides is 4. The third-order valence-electron chi connectivity index (χ3n) is 2.39. The summed E-state index contributed by atoms with van der Waals surface area (Å²) in [5, 5.41) is 10.6. The highest BCUT2D eigenvalue weighted by atomic mass is 19.4. The number of nitro groups is 1. The molecule has 0 aliphatic heterocycles. The van der Waals surface area contributed by atoms with Crippen LogP contribution in [-0.2, 0) is 18.0 Å². The van der Waals surface area contributed by atoms with Gasteiger partial charge in [-0.1, -0.05) is 0 Å². The molecule has 106 valence electrons. The highest BCUT2D eigenvalue weighted by Crippen LogP contribution is 2.23. The number of ketones is 1. The van der Waals surface area contributed by atoms with E-state index in [0.29, 0.717) is 0 Å². The summed E-state index contributed by atoms with van der Waals surface area (Å²) >= 11 is 0. The summed E-state index contributed by atoms with van der Waals surface area (Å²) in [5.74, 6) is -1.36. The predicted octanol–water partition coefficient (Wildman–Crippen LogP) is 2.78. The lowest BCUT2D eigenvalue weighted by Gasteiger charge is -2.06. The summed E-state index contributed by atoms with van der Waals surface area (Å²) in [6, 6.07) is 2.13. The fourth-order valence-corrected chi connectivity index (χ4v) is 1.49. The van der Waals surface area contributed by atoms with Gasteiger partial charge in [-0.05, 0) is 11.0 Å². The van der Waals surface area contributed by atoms with Crippen LogP contribution in [0.25, 0.3) is 0 Å². The number of halogens is 4. The second kappa shape index (κ2) is 5.81. The standard InChI is InChI=1S/C10H10F4N2O3/c11-5-7-1-2-9(16(18)19)15(7)6-8(17)3-4-10(12,13)14/h1-2H,3-6H2. The van der Waals surface area contributed by atoms with E-state index in [1.807, 2.05) is 0 Å². The maximum atomic E-state index is 12.6. The van der Waals surface area contributed by atoms with Crippen LogP contribution in [0.5, 0.6) is 0 Å². The first-order valence-corrected chi connectivity index (χ1v) is 5.22. The SMILES string of the molecule is O=C(CCC(F)(F)F)Cn1c(CF)ccc1[N+](=O)[O-]. The number of carbonyl (C=O) groups excluding carboxylic acids is 1. The molecule has 1 rings (SSSR count). The molecule has 0 aliphatic rings. The molecule has 0 amide bonds. The van der Waals surface area contributed by atoms with E-state index in [1.54, 1.807) is 0 Å². The lowest BCUT2D eigenvalue weighted by Crippen LogP contribution is -2.17. The second-order valence-corrected chi connectivity index (χ2v) is 3.81. The molecule has 9 heteroatoms. The predicted molar refractivity (Wildman–Crippen MR) is 56.2 cm³/mol. The summed E-state index contributed by atoms with van der Waals surface area (Å²) in [6.45, 7) is -1.68. The first kappa shape index (κ1) is 15.1. The van der Waals surface area contributed by atoms with Gasteiger partial charge in [0.25, 0.3) is 0 Å². The van der Waals surface area contributed by atoms with Crippen LogP contribution in [0.4, 0.5) is 23.4 Å². The van der Waals surface area contributed by atoms with Crippen molar-refractivity contribution in [3.8, 4) is 0 Å². The van der Waals surface area contributed by atoms with Crippen LogP contribution in [0.3, 0.4) is 0 Å². The first-order chi connectivity index (χ1) is 8.74. The van der Waals surface area contributed by atoms with Crippen molar-refractivity contribution in [1.82, 2.24) is 4.57 Å². The van der Waals surface area contributed by atoms with Gasteiger partial charge in [-0.3, -0.25) is 4.79 Å². The minimum Gasteiger partial charge on any atom is -0.358 e. The number of Topliss-reactive ketones (excluding diaryl/α,β-unsaturated/α-hetero) is 1. The van der Waals surface area contributed by atoms with Crippen molar-refractivity contribution in [1.29, 1.82) is 0 Å². The molecule has 5 nitrogen and oxygen atoms in total. The Balaban J connectivity index is 2.78. The first-order valence-electron chi connectivity index (χ1n) is 5.22. The van der Waals surface area contributed by atoms with Crippen LogP contribution in [-0.4, -0.2) is 21.4 Å². The lowest BCUT2D eigenvalue weighted by molar-refractivity contribution is -0.392. The molecule has 0 saturated heterocycles. The highest BCUT2D eigenvalue weighted by molar-refractivity contribution is 5.78. The summed E-state index contributed by atoms with van der Waals surface area (Å²) in [7, 11) is 0. The van der Waals surface area contributed by atoms with Gasteiger partial charge in [0.05, 0.1) is 6.42 Å². The Labute approximate surface area is 105 Å². The highest BCUT2D eigenvalue weighted by Gasteiger charge is 2.29. The molecule has 0 N–H and O–H groups in total. The van der Waals surface area contributed by atoms with Gasteiger partial charge in [0.15, 0.2) is 12.5 Å². The van der Waals surface area contributed by atoms with Crippen molar-refractivity contribution < 1.29 is 27.3 Å². The number of hydrogen-bond donors (Lipinski definition) is 0. The Kier molecular flexibility index (Phi) is 4.62. The fraction of sp³-hybridized carbons (Fsp3) is 0.500. The number of hydrogen-bond acceptors (Lipinski definition) is 3. The molecule has 0 atom stereocenters. The zero-order valence-corrected chi connectivity index (χ0v) is 9.61. The minimum absolute atomic E-state index is 0.118. The lowest BCUT2D eigenvalue weighted by atomic mass is 10.2. The van der Waals surface area contributed by atoms with Gasteiger partial charge in [0.2, 0.25) is 0 Å². The smallest absolute Gasteiger partial charge is 0.358 e. The molecule has 19 heavy (non-hydrogen) atoms. The quantitative estimate of drug-likeness (QED) is 0.458. The monoisotopic (exact) mass is 282 g/mol. The average Bonchev–Trinajstić information content (AvgIpc) is 2.68. The third-order valence-corrected chi connectivity index (χ3v) is 2.39. The van der Waals surface area contributed by atoms with Gasteiger partial charge in [0, 0.05) is 12.5 Å². The van der Waals surface area contributed by atoms with Crippen molar-refractivity contribution in [2.75, 3.05) is 0 Å². The number of nitrogens with zero attached hydrogens (tertiary/aromatic N) is 2. The van der Waals surface area contributed by atoms with Crippen LogP contribution in [0.1, 0.15) is 18.5 Å². The minimum atomic E-state index is -4.47. The molecule has 0 aromatic carbocycles. The maximum absolute atomic E-state index is 12.6. The number of rotatable bonds is 6. The van der Waals surface area contributed by atoms with Crippen molar-refractivity contribution in [2.45, 2.75) is 32.2 Å². The molecule has 0 saturated carbocycles. The summed E-state index contributed by atoms with van der Waals surface area (Å²) < 4.78 is 49.1. The van der Waals surface area contributed by atoms with E-state index in [1.165, 1.54) is 0 Å². The Morgan fingerprint density at radius 2 is 2.00 bits per heavy atom. The Morgan fingerprint density at radius 1 is 1.37 bits per heavy atom. The van der Waals surface area contributed by atoms with Crippen molar-refractivity contribution in [3.63, 3.8) is 0 Å². The van der Waals surface area contributed by atoms with Gasteiger partial charge in [-0.2, -0.15) is 13.2 Å². The molecular formula is C10H10F4N2O3. The van der Waals surface area contributed by atoms with Crippen LogP contribution in [0.15, 0.2) is 12.1 Å². The topological polar surface area (TPSA) is 65.1 Å². The van der Waals surface area contributed by atoms with E-state index < -0.39 is 48.8 Å². The van der Waals surface area contributed by atoms with Crippen molar-refractivity contribution in [2.24, 2.45) is 0 Å². The van der Waals surface area contributed by atoms with Crippen molar-refractivity contribution in [3.05, 3.63) is 27.9 Å². The average molecular weight is 282 g/mol. The van der Waals surface area contributed by atoms with E-state index in [-0.39, 0.29) is 5.69 Å². The summed E-state index contributed by atoms with van der Waals surface area (Å²) in [5.41, 5.74) is -0.118. The van der Waals surface area contributed by atoms with Crippen LogP contribution in [0, 0.1) is 10.1 Å². The number of carbonyl (C=O) groups is 1. The molecular weight excluding hydrogens is 272 g/mol. The normalized spacial score (nSPS) is 11.6. The van der Waals surface area contributed by atoms with Gasteiger partial charge in [-0.15, -0.1) is 0 Å². The van der Waals surface area contributed by atoms with Gasteiger partial charge < -0.3 is 10.1 Å². The third kappa shape index (κ3) is 4.34. The zero-order valence-electron chi connectivity index (χ0n) is 9.61. The van der Waals surface area contributed by atoms with E-state index in [2.05, 4.69) is 0 Å². The summed E-state index contributed by atoms with van der Waals surface area (Å²) in [4.78, 5) is 21.1. The maximum Gasteiger partial charge on any atom is 0.389 e. The van der Waals surface area contributed by atoms with Crippen molar-refractivity contribution >= 4 is 11.6 Å². The van der Waals surface area contributed by atoms with Gasteiger partial charge in [-0.25, -0.2) is 8.96 Å². The molecule has 0 radical (unpaired) electrons. The second-order valence-electron chi connectivity index (χ2n) is 3.81. The van der Waals surface area contributed by atoms with Crippen LogP contribution >= 0.6 is 0 Å². The van der Waals surface area contributed by atoms with Crippen LogP contribution < -0.4 is 0 Å². The van der Waals surface area contributed by atoms with E-state index in [4.69, 9.17) is 0 Å². The zero-order chi connectivity index (χ0) is 14.6. The largest absolute Gasteiger partial charge is 0.389 e. The number of aromatic nitrogens is 1. The molecule has 0 aliphatic carbocycles. The van der Waals surface area contributed by atoms with Crippen LogP contribution in [0.2, 0.25) is 0 Å². The molecule has 0 unspecified atom stereocenters. The molecule has 0 spiro atoms. The van der Waals surface area contributed by atoms with Gasteiger partial charge in [0.1, 0.15) is 12.2 Å². The van der Waals surface area contributed by atoms with E-state index >= 15 is 0 Å². The Hall–Kier alpha value is -1.93. The van der Waals surface area contributed by atoms with Gasteiger partial charge >= 0.3 is 12.0 Å². The molecule has 1 aromatic heterocycles. The fourth-order valence-electron chi connectivity index (χ4n) is 1.49. The Bertz CT molecular complexity index is 482. The molecule has 0 fully saturated rings. The summed E-state index contributed by atoms with van der Waals surface area (Å²) in [6.07, 6.45) is -6.56. The molecule has 1 heterocycles.